The third-order valence-electron chi connectivity index (χ3n) is 4.19. The fraction of sp³-hybridized carbons (Fsp3) is 0.842. The third kappa shape index (κ3) is 17.2. The van der Waals surface area contributed by atoms with Crippen molar-refractivity contribution >= 4 is 5.97 Å². The van der Waals surface area contributed by atoms with Gasteiger partial charge in [-0.3, -0.25) is 4.79 Å². The number of allylic oxidation sites excluding steroid dienone is 2. The summed E-state index contributed by atoms with van der Waals surface area (Å²) in [6.45, 7) is 4.61. The summed E-state index contributed by atoms with van der Waals surface area (Å²) in [6.07, 6.45) is 19.8. The second kappa shape index (κ2) is 15.6. The number of hydrogen-bond acceptors (Lipinski definition) is 1. The molecule has 1 atom stereocenters. The normalized spacial score (nSPS) is 12.9. The Morgan fingerprint density at radius 1 is 0.905 bits per heavy atom. The number of carbonyl (C=O) groups is 1. The second-order valence-corrected chi connectivity index (χ2v) is 6.32. The van der Waals surface area contributed by atoms with Gasteiger partial charge in [0.25, 0.3) is 0 Å². The highest BCUT2D eigenvalue weighted by Crippen LogP contribution is 2.12. The van der Waals surface area contributed by atoms with Gasteiger partial charge in [-0.25, -0.2) is 0 Å². The van der Waals surface area contributed by atoms with Crippen molar-refractivity contribution in [1.82, 2.24) is 0 Å². The Morgan fingerprint density at radius 2 is 1.43 bits per heavy atom. The summed E-state index contributed by atoms with van der Waals surface area (Å²) in [5.41, 5.74) is 0. The van der Waals surface area contributed by atoms with Crippen LogP contribution < -0.4 is 0 Å². The molecule has 0 amide bonds. The SMILES string of the molecule is CCC(C)CCC/C=C/CCCCCCCCCC(=O)O. The summed E-state index contributed by atoms with van der Waals surface area (Å²) in [5, 5.41) is 8.52. The van der Waals surface area contributed by atoms with Crippen molar-refractivity contribution in [2.75, 3.05) is 0 Å². The molecular weight excluding hydrogens is 260 g/mol. The van der Waals surface area contributed by atoms with Crippen molar-refractivity contribution in [2.45, 2.75) is 97.3 Å². The molecule has 0 aromatic heterocycles. The van der Waals surface area contributed by atoms with Crippen molar-refractivity contribution in [1.29, 1.82) is 0 Å². The van der Waals surface area contributed by atoms with E-state index in [0.717, 1.165) is 18.8 Å². The first-order valence-corrected chi connectivity index (χ1v) is 9.03. The molecule has 0 aliphatic heterocycles. The zero-order valence-electron chi connectivity index (χ0n) is 14.3. The second-order valence-electron chi connectivity index (χ2n) is 6.32. The standard InChI is InChI=1S/C19H36O2/c1-3-18(2)16-14-12-10-8-6-4-5-7-9-11-13-15-17-19(20)21/h8,10,18H,3-7,9,11-17H2,1-2H3,(H,20,21)/b10-8+. The minimum absolute atomic E-state index is 0.335. The van der Waals surface area contributed by atoms with Crippen LogP contribution in [0.3, 0.4) is 0 Å². The molecule has 2 nitrogen and oxygen atoms in total. The molecule has 0 heterocycles. The predicted molar refractivity (Wildman–Crippen MR) is 91.6 cm³/mol. The van der Waals surface area contributed by atoms with Crippen LogP contribution in [-0.2, 0) is 4.79 Å². The van der Waals surface area contributed by atoms with E-state index in [4.69, 9.17) is 5.11 Å². The molecule has 0 fully saturated rings. The Hall–Kier alpha value is -0.790. The van der Waals surface area contributed by atoms with E-state index in [-0.39, 0.29) is 0 Å². The fourth-order valence-corrected chi connectivity index (χ4v) is 2.45. The Morgan fingerprint density at radius 3 is 2.00 bits per heavy atom. The Bertz CT molecular complexity index is 258. The zero-order chi connectivity index (χ0) is 15.8. The van der Waals surface area contributed by atoms with E-state index in [9.17, 15) is 4.79 Å². The lowest BCUT2D eigenvalue weighted by molar-refractivity contribution is -0.137. The molecule has 0 radical (unpaired) electrons. The van der Waals surface area contributed by atoms with E-state index in [1.54, 1.807) is 0 Å². The molecule has 0 aliphatic rings. The van der Waals surface area contributed by atoms with E-state index in [1.165, 1.54) is 64.2 Å². The Balaban J connectivity index is 3.13. The Kier molecular flexibility index (Phi) is 15.0. The van der Waals surface area contributed by atoms with Crippen LogP contribution in [0.5, 0.6) is 0 Å². The van der Waals surface area contributed by atoms with Crippen molar-refractivity contribution in [2.24, 2.45) is 5.92 Å². The Labute approximate surface area is 132 Å². The number of hydrogen-bond donors (Lipinski definition) is 1. The molecule has 0 aromatic carbocycles. The molecule has 0 rings (SSSR count). The maximum Gasteiger partial charge on any atom is 0.303 e. The van der Waals surface area contributed by atoms with E-state index in [0.29, 0.717) is 6.42 Å². The lowest BCUT2D eigenvalue weighted by atomic mass is 10.0. The average Bonchev–Trinajstić information content (AvgIpc) is 2.46. The number of unbranched alkanes of at least 4 members (excludes halogenated alkanes) is 8. The molecule has 0 aromatic rings. The van der Waals surface area contributed by atoms with Gasteiger partial charge >= 0.3 is 5.97 Å². The number of carboxylic acids is 1. The maximum atomic E-state index is 10.3. The first-order chi connectivity index (χ1) is 10.2. The molecule has 0 bridgehead atoms. The molecular formula is C19H36O2. The largest absolute Gasteiger partial charge is 0.481 e. The van der Waals surface area contributed by atoms with E-state index in [2.05, 4.69) is 26.0 Å². The van der Waals surface area contributed by atoms with Crippen LogP contribution in [0.2, 0.25) is 0 Å². The van der Waals surface area contributed by atoms with E-state index in [1.807, 2.05) is 0 Å². The van der Waals surface area contributed by atoms with Crippen LogP contribution in [-0.4, -0.2) is 11.1 Å². The third-order valence-corrected chi connectivity index (χ3v) is 4.19. The minimum Gasteiger partial charge on any atom is -0.481 e. The van der Waals surface area contributed by atoms with Gasteiger partial charge < -0.3 is 5.11 Å². The zero-order valence-corrected chi connectivity index (χ0v) is 14.3. The number of carboxylic acid groups (broad SMARTS) is 1. The van der Waals surface area contributed by atoms with E-state index < -0.39 is 5.97 Å². The highest BCUT2D eigenvalue weighted by atomic mass is 16.4. The summed E-state index contributed by atoms with van der Waals surface area (Å²) in [6, 6.07) is 0. The molecule has 0 aliphatic carbocycles. The van der Waals surface area contributed by atoms with Crippen LogP contribution in [0.1, 0.15) is 97.3 Å². The summed E-state index contributed by atoms with van der Waals surface area (Å²) in [4.78, 5) is 10.3. The molecule has 124 valence electrons. The highest BCUT2D eigenvalue weighted by molar-refractivity contribution is 5.66. The highest BCUT2D eigenvalue weighted by Gasteiger charge is 1.97. The molecule has 2 heteroatoms. The van der Waals surface area contributed by atoms with Gasteiger partial charge in [0.15, 0.2) is 0 Å². The summed E-state index contributed by atoms with van der Waals surface area (Å²) in [5.74, 6) is 0.222. The summed E-state index contributed by atoms with van der Waals surface area (Å²) < 4.78 is 0. The van der Waals surface area contributed by atoms with Crippen LogP contribution in [0.25, 0.3) is 0 Å². The number of aliphatic carboxylic acids is 1. The molecule has 21 heavy (non-hydrogen) atoms. The van der Waals surface area contributed by atoms with Gasteiger partial charge in [-0.05, 0) is 38.0 Å². The fourth-order valence-electron chi connectivity index (χ4n) is 2.45. The predicted octanol–water partition coefficient (Wildman–Crippen LogP) is 6.35. The topological polar surface area (TPSA) is 37.3 Å². The van der Waals surface area contributed by atoms with Crippen molar-refractivity contribution in [3.8, 4) is 0 Å². The van der Waals surface area contributed by atoms with Gasteiger partial charge in [0.05, 0.1) is 0 Å². The van der Waals surface area contributed by atoms with Crippen LogP contribution in [0.4, 0.5) is 0 Å². The monoisotopic (exact) mass is 296 g/mol. The smallest absolute Gasteiger partial charge is 0.303 e. The van der Waals surface area contributed by atoms with Crippen LogP contribution in [0.15, 0.2) is 12.2 Å². The van der Waals surface area contributed by atoms with Gasteiger partial charge in [0.2, 0.25) is 0 Å². The van der Waals surface area contributed by atoms with E-state index >= 15 is 0 Å². The van der Waals surface area contributed by atoms with Gasteiger partial charge in [0.1, 0.15) is 0 Å². The van der Waals surface area contributed by atoms with Crippen LogP contribution in [0, 0.1) is 5.92 Å². The molecule has 0 saturated carbocycles. The van der Waals surface area contributed by atoms with Crippen molar-refractivity contribution in [3.63, 3.8) is 0 Å². The molecule has 1 N–H and O–H groups in total. The molecule has 0 spiro atoms. The van der Waals surface area contributed by atoms with Crippen LogP contribution >= 0.6 is 0 Å². The lowest BCUT2D eigenvalue weighted by Crippen LogP contribution is -1.93. The minimum atomic E-state index is -0.661. The maximum absolute atomic E-state index is 10.3. The quantitative estimate of drug-likeness (QED) is 0.282. The lowest BCUT2D eigenvalue weighted by Gasteiger charge is -2.05. The van der Waals surface area contributed by atoms with Gasteiger partial charge in [-0.15, -0.1) is 0 Å². The first kappa shape index (κ1) is 20.2. The van der Waals surface area contributed by atoms with Crippen molar-refractivity contribution < 1.29 is 9.90 Å². The van der Waals surface area contributed by atoms with Gasteiger partial charge in [0, 0.05) is 6.42 Å². The molecule has 0 saturated heterocycles. The number of rotatable bonds is 15. The average molecular weight is 296 g/mol. The molecule has 1 unspecified atom stereocenters. The summed E-state index contributed by atoms with van der Waals surface area (Å²) in [7, 11) is 0. The summed E-state index contributed by atoms with van der Waals surface area (Å²) >= 11 is 0. The first-order valence-electron chi connectivity index (χ1n) is 9.03. The van der Waals surface area contributed by atoms with Crippen molar-refractivity contribution in [3.05, 3.63) is 12.2 Å². The van der Waals surface area contributed by atoms with Gasteiger partial charge in [-0.2, -0.15) is 0 Å². The van der Waals surface area contributed by atoms with Gasteiger partial charge in [-0.1, -0.05) is 70.9 Å².